The predicted octanol–water partition coefficient (Wildman–Crippen LogP) is 2.48. The summed E-state index contributed by atoms with van der Waals surface area (Å²) in [6.07, 6.45) is 1.46. The minimum atomic E-state index is 0.691. The van der Waals surface area contributed by atoms with Gasteiger partial charge in [-0.2, -0.15) is 0 Å². The lowest BCUT2D eigenvalue weighted by Crippen LogP contribution is -2.01. The molecular weight excluding hydrogens is 178 g/mol. The van der Waals surface area contributed by atoms with Crippen LogP contribution in [-0.4, -0.2) is 18.0 Å². The van der Waals surface area contributed by atoms with Crippen molar-refractivity contribution in [2.24, 2.45) is 5.16 Å². The summed E-state index contributed by atoms with van der Waals surface area (Å²) >= 11 is 0. The number of oxime groups is 1. The molecule has 0 aliphatic carbocycles. The van der Waals surface area contributed by atoms with Crippen LogP contribution in [0.2, 0.25) is 0 Å². The molecule has 0 heterocycles. The Morgan fingerprint density at radius 2 is 2.00 bits per heavy atom. The van der Waals surface area contributed by atoms with E-state index in [2.05, 4.69) is 5.16 Å². The summed E-state index contributed by atoms with van der Waals surface area (Å²) in [5.74, 6) is 0.840. The van der Waals surface area contributed by atoms with E-state index in [-0.39, 0.29) is 0 Å². The maximum atomic E-state index is 8.65. The van der Waals surface area contributed by atoms with Crippen LogP contribution >= 0.6 is 0 Å². The average Bonchev–Trinajstić information content (AvgIpc) is 2.26. The zero-order valence-electron chi connectivity index (χ0n) is 8.53. The van der Waals surface area contributed by atoms with Crippen molar-refractivity contribution in [1.29, 1.82) is 0 Å². The Morgan fingerprint density at radius 1 is 1.36 bits per heavy atom. The molecule has 0 amide bonds. The van der Waals surface area contributed by atoms with E-state index < -0.39 is 0 Å². The van der Waals surface area contributed by atoms with E-state index in [0.717, 1.165) is 23.4 Å². The van der Waals surface area contributed by atoms with Gasteiger partial charge in [0, 0.05) is 6.42 Å². The van der Waals surface area contributed by atoms with Gasteiger partial charge >= 0.3 is 0 Å². The molecule has 76 valence electrons. The third-order valence-corrected chi connectivity index (χ3v) is 2.12. The van der Waals surface area contributed by atoms with Crippen molar-refractivity contribution >= 4 is 5.71 Å². The van der Waals surface area contributed by atoms with E-state index in [1.807, 2.05) is 31.2 Å². The number of rotatable bonds is 4. The van der Waals surface area contributed by atoms with Crippen molar-refractivity contribution in [3.63, 3.8) is 0 Å². The van der Waals surface area contributed by atoms with Gasteiger partial charge in [0.2, 0.25) is 0 Å². The fourth-order valence-electron chi connectivity index (χ4n) is 1.21. The van der Waals surface area contributed by atoms with Crippen molar-refractivity contribution in [3.8, 4) is 5.75 Å². The normalized spacial score (nSPS) is 11.4. The van der Waals surface area contributed by atoms with E-state index in [1.165, 1.54) is 0 Å². The van der Waals surface area contributed by atoms with Gasteiger partial charge < -0.3 is 9.94 Å². The summed E-state index contributed by atoms with van der Waals surface area (Å²) in [5, 5.41) is 11.9. The Balaban J connectivity index is 2.68. The standard InChI is InChI=1S/C11H15NO2/c1-3-10(12-13)8-9-4-6-11(14-2)7-5-9/h4-7,13H,3,8H2,1-2H3. The zero-order chi connectivity index (χ0) is 10.4. The Morgan fingerprint density at radius 3 is 2.43 bits per heavy atom. The highest BCUT2D eigenvalue weighted by Crippen LogP contribution is 2.12. The maximum absolute atomic E-state index is 8.65. The molecule has 0 spiro atoms. The Bertz CT molecular complexity index is 304. The molecule has 3 heteroatoms. The van der Waals surface area contributed by atoms with Gasteiger partial charge in [-0.15, -0.1) is 0 Å². The van der Waals surface area contributed by atoms with Gasteiger partial charge in [-0.25, -0.2) is 0 Å². The van der Waals surface area contributed by atoms with Gasteiger partial charge in [-0.05, 0) is 24.1 Å². The van der Waals surface area contributed by atoms with Crippen LogP contribution in [0.25, 0.3) is 0 Å². The van der Waals surface area contributed by atoms with E-state index in [1.54, 1.807) is 7.11 Å². The number of nitrogens with zero attached hydrogens (tertiary/aromatic N) is 1. The minimum absolute atomic E-state index is 0.691. The SMILES string of the molecule is CCC(Cc1ccc(OC)cc1)=NO. The second kappa shape index (κ2) is 5.27. The summed E-state index contributed by atoms with van der Waals surface area (Å²) in [7, 11) is 1.64. The fraction of sp³-hybridized carbons (Fsp3) is 0.364. The van der Waals surface area contributed by atoms with Gasteiger partial charge in [0.15, 0.2) is 0 Å². The molecule has 1 N–H and O–H groups in total. The Labute approximate surface area is 84.0 Å². The van der Waals surface area contributed by atoms with Crippen LogP contribution in [0.3, 0.4) is 0 Å². The first-order valence-corrected chi connectivity index (χ1v) is 4.63. The number of methoxy groups -OCH3 is 1. The van der Waals surface area contributed by atoms with Crippen LogP contribution in [0, 0.1) is 0 Å². The molecule has 0 atom stereocenters. The third kappa shape index (κ3) is 2.76. The lowest BCUT2D eigenvalue weighted by atomic mass is 10.1. The highest BCUT2D eigenvalue weighted by atomic mass is 16.5. The van der Waals surface area contributed by atoms with E-state index in [0.29, 0.717) is 6.42 Å². The van der Waals surface area contributed by atoms with Crippen LogP contribution in [-0.2, 0) is 6.42 Å². The minimum Gasteiger partial charge on any atom is -0.497 e. The highest BCUT2D eigenvalue weighted by Gasteiger charge is 1.99. The van der Waals surface area contributed by atoms with Crippen molar-refractivity contribution in [3.05, 3.63) is 29.8 Å². The average molecular weight is 193 g/mol. The Kier molecular flexibility index (Phi) is 3.98. The molecule has 0 unspecified atom stereocenters. The van der Waals surface area contributed by atoms with Crippen LogP contribution in [0.1, 0.15) is 18.9 Å². The van der Waals surface area contributed by atoms with Crippen molar-refractivity contribution < 1.29 is 9.94 Å². The summed E-state index contributed by atoms with van der Waals surface area (Å²) in [5.41, 5.74) is 1.91. The molecular formula is C11H15NO2. The maximum Gasteiger partial charge on any atom is 0.118 e. The predicted molar refractivity (Wildman–Crippen MR) is 56.2 cm³/mol. The highest BCUT2D eigenvalue weighted by molar-refractivity contribution is 5.85. The molecule has 0 bridgehead atoms. The monoisotopic (exact) mass is 193 g/mol. The first kappa shape index (κ1) is 10.6. The van der Waals surface area contributed by atoms with Crippen LogP contribution < -0.4 is 4.74 Å². The molecule has 14 heavy (non-hydrogen) atoms. The molecule has 0 saturated carbocycles. The lowest BCUT2D eigenvalue weighted by Gasteiger charge is -2.03. The molecule has 0 aromatic heterocycles. The second-order valence-electron chi connectivity index (χ2n) is 3.04. The molecule has 0 saturated heterocycles. The fourth-order valence-corrected chi connectivity index (χ4v) is 1.21. The summed E-state index contributed by atoms with van der Waals surface area (Å²) < 4.78 is 5.05. The zero-order valence-corrected chi connectivity index (χ0v) is 8.53. The van der Waals surface area contributed by atoms with Crippen LogP contribution in [0.5, 0.6) is 5.75 Å². The van der Waals surface area contributed by atoms with Crippen LogP contribution in [0.4, 0.5) is 0 Å². The van der Waals surface area contributed by atoms with Crippen molar-refractivity contribution in [2.75, 3.05) is 7.11 Å². The Hall–Kier alpha value is -1.51. The van der Waals surface area contributed by atoms with Gasteiger partial charge in [0.05, 0.1) is 12.8 Å². The summed E-state index contributed by atoms with van der Waals surface area (Å²) in [4.78, 5) is 0. The number of ether oxygens (including phenoxy) is 1. The van der Waals surface area contributed by atoms with Gasteiger partial charge in [0.1, 0.15) is 5.75 Å². The smallest absolute Gasteiger partial charge is 0.118 e. The molecule has 0 aliphatic rings. The molecule has 0 radical (unpaired) electrons. The van der Waals surface area contributed by atoms with Gasteiger partial charge in [-0.1, -0.05) is 24.2 Å². The van der Waals surface area contributed by atoms with Crippen molar-refractivity contribution in [1.82, 2.24) is 0 Å². The molecule has 0 fully saturated rings. The largest absolute Gasteiger partial charge is 0.497 e. The molecule has 1 aromatic rings. The number of benzene rings is 1. The van der Waals surface area contributed by atoms with E-state index in [9.17, 15) is 0 Å². The second-order valence-corrected chi connectivity index (χ2v) is 3.04. The lowest BCUT2D eigenvalue weighted by molar-refractivity contribution is 0.317. The summed E-state index contributed by atoms with van der Waals surface area (Å²) in [6, 6.07) is 7.75. The van der Waals surface area contributed by atoms with Gasteiger partial charge in [-0.3, -0.25) is 0 Å². The van der Waals surface area contributed by atoms with Crippen molar-refractivity contribution in [2.45, 2.75) is 19.8 Å². The van der Waals surface area contributed by atoms with Gasteiger partial charge in [0.25, 0.3) is 0 Å². The first-order chi connectivity index (χ1) is 6.80. The van der Waals surface area contributed by atoms with E-state index in [4.69, 9.17) is 9.94 Å². The molecule has 3 nitrogen and oxygen atoms in total. The first-order valence-electron chi connectivity index (χ1n) is 4.63. The number of hydrogen-bond donors (Lipinski definition) is 1. The molecule has 1 rings (SSSR count). The van der Waals surface area contributed by atoms with E-state index >= 15 is 0 Å². The topological polar surface area (TPSA) is 41.8 Å². The number of hydrogen-bond acceptors (Lipinski definition) is 3. The quantitative estimate of drug-likeness (QED) is 0.453. The third-order valence-electron chi connectivity index (χ3n) is 2.12. The van der Waals surface area contributed by atoms with Crippen LogP contribution in [0.15, 0.2) is 29.4 Å². The summed E-state index contributed by atoms with van der Waals surface area (Å²) in [6.45, 7) is 1.97. The molecule has 0 aliphatic heterocycles. The molecule has 1 aromatic carbocycles.